The Balaban J connectivity index is 1.51. The number of nitro groups is 1. The molecule has 0 aliphatic carbocycles. The van der Waals surface area contributed by atoms with Crippen LogP contribution < -0.4 is 10.6 Å². The lowest BCUT2D eigenvalue weighted by Crippen LogP contribution is -2.46. The molecule has 0 spiro atoms. The van der Waals surface area contributed by atoms with E-state index in [4.69, 9.17) is 0 Å². The van der Waals surface area contributed by atoms with Gasteiger partial charge in [0.1, 0.15) is 11.9 Å². The van der Waals surface area contributed by atoms with E-state index in [0.29, 0.717) is 12.1 Å². The van der Waals surface area contributed by atoms with Crippen molar-refractivity contribution in [2.45, 2.75) is 25.6 Å². The van der Waals surface area contributed by atoms with E-state index in [1.54, 1.807) is 18.5 Å². The normalized spacial score (nSPS) is 12.6. The zero-order valence-electron chi connectivity index (χ0n) is 18.7. The van der Waals surface area contributed by atoms with Gasteiger partial charge in [-0.15, -0.1) is 0 Å². The van der Waals surface area contributed by atoms with Crippen LogP contribution in [0.5, 0.6) is 0 Å². The van der Waals surface area contributed by atoms with Crippen molar-refractivity contribution < 1.29 is 18.9 Å². The number of rotatable bonds is 8. The van der Waals surface area contributed by atoms with Crippen LogP contribution >= 0.6 is 0 Å². The van der Waals surface area contributed by atoms with Crippen LogP contribution in [0.4, 0.5) is 10.1 Å². The van der Waals surface area contributed by atoms with E-state index in [1.807, 2.05) is 28.8 Å². The van der Waals surface area contributed by atoms with E-state index in [2.05, 4.69) is 15.6 Å². The number of hydrogen-bond donors (Lipinski definition) is 2. The van der Waals surface area contributed by atoms with Gasteiger partial charge in [0.2, 0.25) is 5.91 Å². The second-order valence-electron chi connectivity index (χ2n) is 8.00. The monoisotopic (exact) mass is 475 g/mol. The maximum atomic E-state index is 13.5. The van der Waals surface area contributed by atoms with Crippen molar-refractivity contribution in [2.75, 3.05) is 0 Å². The second kappa shape index (κ2) is 10.1. The van der Waals surface area contributed by atoms with Gasteiger partial charge in [0.25, 0.3) is 11.6 Å². The van der Waals surface area contributed by atoms with E-state index in [9.17, 15) is 24.1 Å². The summed E-state index contributed by atoms with van der Waals surface area (Å²) in [7, 11) is 0. The van der Waals surface area contributed by atoms with E-state index in [0.717, 1.165) is 17.1 Å². The predicted molar refractivity (Wildman–Crippen MR) is 127 cm³/mol. The van der Waals surface area contributed by atoms with Gasteiger partial charge >= 0.3 is 0 Å². The number of fused-ring (bicyclic) bond motifs is 1. The number of benzene rings is 3. The summed E-state index contributed by atoms with van der Waals surface area (Å²) in [6.45, 7) is 1.84. The number of carbonyl (C=O) groups excluding carboxylic acids is 2. The SMILES string of the molecule is CC(NC(=O)c1cccc([N+](=O)[O-])c1)C(=O)NC(Cn1cnc2ccccc21)c1ccc(F)cc1. The molecule has 2 unspecified atom stereocenters. The fraction of sp³-hybridized carbons (Fsp3) is 0.160. The first-order valence-corrected chi connectivity index (χ1v) is 10.8. The molecule has 0 radical (unpaired) electrons. The van der Waals surface area contributed by atoms with Crippen LogP contribution in [-0.4, -0.2) is 32.3 Å². The standard InChI is InChI=1S/C25H22FN5O4/c1-16(28-25(33)18-5-4-6-20(13-18)31(34)35)24(32)29-22(17-9-11-19(26)12-10-17)14-30-15-27-21-7-2-3-8-23(21)30/h2-13,15-16,22H,14H2,1H3,(H,28,33)(H,29,32). The molecule has 1 heterocycles. The predicted octanol–water partition coefficient (Wildman–Crippen LogP) is 3.76. The van der Waals surface area contributed by atoms with Gasteiger partial charge in [0, 0.05) is 24.2 Å². The highest BCUT2D eigenvalue weighted by atomic mass is 19.1. The fourth-order valence-electron chi connectivity index (χ4n) is 3.68. The number of halogens is 1. The third-order valence-corrected chi connectivity index (χ3v) is 5.56. The number of hydrogen-bond acceptors (Lipinski definition) is 5. The molecule has 0 fully saturated rings. The van der Waals surface area contributed by atoms with Crippen molar-refractivity contribution in [3.8, 4) is 0 Å². The Hall–Kier alpha value is -4.60. The molecule has 9 nitrogen and oxygen atoms in total. The highest BCUT2D eigenvalue weighted by Crippen LogP contribution is 2.20. The minimum absolute atomic E-state index is 0.0684. The fourth-order valence-corrected chi connectivity index (χ4v) is 3.68. The summed E-state index contributed by atoms with van der Waals surface area (Å²) in [5.74, 6) is -1.48. The summed E-state index contributed by atoms with van der Waals surface area (Å²) in [5, 5.41) is 16.4. The van der Waals surface area contributed by atoms with Crippen molar-refractivity contribution >= 4 is 28.5 Å². The van der Waals surface area contributed by atoms with Crippen LogP contribution in [0.1, 0.15) is 28.9 Å². The molecule has 10 heteroatoms. The minimum Gasteiger partial charge on any atom is -0.346 e. The van der Waals surface area contributed by atoms with Crippen molar-refractivity contribution in [3.63, 3.8) is 0 Å². The van der Waals surface area contributed by atoms with Crippen LogP contribution in [0.15, 0.2) is 79.1 Å². The Labute approximate surface area is 199 Å². The highest BCUT2D eigenvalue weighted by molar-refractivity contribution is 5.97. The van der Waals surface area contributed by atoms with Gasteiger partial charge in [-0.3, -0.25) is 19.7 Å². The quantitative estimate of drug-likeness (QED) is 0.297. The summed E-state index contributed by atoms with van der Waals surface area (Å²) in [6.07, 6.45) is 1.67. The maximum absolute atomic E-state index is 13.5. The van der Waals surface area contributed by atoms with Gasteiger partial charge in [-0.05, 0) is 42.8 Å². The molecule has 2 N–H and O–H groups in total. The maximum Gasteiger partial charge on any atom is 0.270 e. The van der Waals surface area contributed by atoms with Crippen molar-refractivity contribution in [3.05, 3.63) is 106 Å². The molecular weight excluding hydrogens is 453 g/mol. The minimum atomic E-state index is -0.941. The zero-order valence-corrected chi connectivity index (χ0v) is 18.7. The van der Waals surface area contributed by atoms with Crippen molar-refractivity contribution in [1.82, 2.24) is 20.2 Å². The molecule has 178 valence electrons. The Bertz CT molecular complexity index is 1390. The van der Waals surface area contributed by atoms with Gasteiger partial charge in [0.15, 0.2) is 0 Å². The zero-order chi connectivity index (χ0) is 24.9. The molecule has 0 saturated carbocycles. The summed E-state index contributed by atoms with van der Waals surface area (Å²) in [4.78, 5) is 40.3. The number of nitro benzene ring substituents is 1. The van der Waals surface area contributed by atoms with E-state index in [1.165, 1.54) is 37.3 Å². The number of carbonyl (C=O) groups is 2. The first-order valence-electron chi connectivity index (χ1n) is 10.8. The largest absolute Gasteiger partial charge is 0.346 e. The second-order valence-corrected chi connectivity index (χ2v) is 8.00. The van der Waals surface area contributed by atoms with Gasteiger partial charge < -0.3 is 15.2 Å². The van der Waals surface area contributed by atoms with Crippen molar-refractivity contribution in [2.24, 2.45) is 0 Å². The molecule has 0 saturated heterocycles. The number of aromatic nitrogens is 2. The van der Waals surface area contributed by atoms with E-state index < -0.39 is 34.6 Å². The first-order chi connectivity index (χ1) is 16.8. The lowest BCUT2D eigenvalue weighted by molar-refractivity contribution is -0.384. The highest BCUT2D eigenvalue weighted by Gasteiger charge is 2.23. The summed E-state index contributed by atoms with van der Waals surface area (Å²) >= 11 is 0. The Kier molecular flexibility index (Phi) is 6.81. The third-order valence-electron chi connectivity index (χ3n) is 5.56. The van der Waals surface area contributed by atoms with E-state index >= 15 is 0 Å². The van der Waals surface area contributed by atoms with Crippen LogP contribution in [0, 0.1) is 15.9 Å². The number of nitrogens with one attached hydrogen (secondary N) is 2. The molecule has 0 bridgehead atoms. The Morgan fingerprint density at radius 1 is 1.06 bits per heavy atom. The van der Waals surface area contributed by atoms with Crippen LogP contribution in [0.3, 0.4) is 0 Å². The molecule has 1 aromatic heterocycles. The molecule has 4 aromatic rings. The van der Waals surface area contributed by atoms with Gasteiger partial charge in [-0.2, -0.15) is 0 Å². The molecule has 4 rings (SSSR count). The third kappa shape index (κ3) is 5.49. The van der Waals surface area contributed by atoms with Crippen LogP contribution in [0.2, 0.25) is 0 Å². The first kappa shape index (κ1) is 23.6. The smallest absolute Gasteiger partial charge is 0.270 e. The molecular formula is C25H22FN5O4. The van der Waals surface area contributed by atoms with Gasteiger partial charge in [-0.1, -0.05) is 30.3 Å². The summed E-state index contributed by atoms with van der Waals surface area (Å²) in [5.41, 5.74) is 2.20. The van der Waals surface area contributed by atoms with Crippen LogP contribution in [0.25, 0.3) is 11.0 Å². The molecule has 35 heavy (non-hydrogen) atoms. The number of nitrogens with zero attached hydrogens (tertiary/aromatic N) is 3. The number of non-ortho nitro benzene ring substituents is 1. The van der Waals surface area contributed by atoms with Gasteiger partial charge in [-0.25, -0.2) is 9.37 Å². The molecule has 0 aliphatic rings. The number of amides is 2. The Morgan fingerprint density at radius 2 is 1.80 bits per heavy atom. The molecule has 2 amide bonds. The number of para-hydroxylation sites is 2. The van der Waals surface area contributed by atoms with Crippen LogP contribution in [-0.2, 0) is 11.3 Å². The van der Waals surface area contributed by atoms with Crippen molar-refractivity contribution in [1.29, 1.82) is 0 Å². The summed E-state index contributed by atoms with van der Waals surface area (Å²) in [6, 6.07) is 17.1. The van der Waals surface area contributed by atoms with E-state index in [-0.39, 0.29) is 11.3 Å². The molecule has 2 atom stereocenters. The molecule has 0 aliphatic heterocycles. The van der Waals surface area contributed by atoms with Gasteiger partial charge in [0.05, 0.1) is 28.3 Å². The Morgan fingerprint density at radius 3 is 2.54 bits per heavy atom. The summed E-state index contributed by atoms with van der Waals surface area (Å²) < 4.78 is 15.4. The average Bonchev–Trinajstić information content (AvgIpc) is 3.27. The molecule has 3 aromatic carbocycles. The lowest BCUT2D eigenvalue weighted by atomic mass is 10.1. The lowest BCUT2D eigenvalue weighted by Gasteiger charge is -2.23. The topological polar surface area (TPSA) is 119 Å². The number of imidazole rings is 1. The average molecular weight is 475 g/mol.